The van der Waals surface area contributed by atoms with Crippen LogP contribution in [-0.4, -0.2) is 19.1 Å². The third-order valence-electron chi connectivity index (χ3n) is 1.93. The first-order chi connectivity index (χ1) is 6.79. The zero-order valence-corrected chi connectivity index (χ0v) is 9.55. The average molecular weight is 230 g/mol. The summed E-state index contributed by atoms with van der Waals surface area (Å²) in [7, 11) is 0. The van der Waals surface area contributed by atoms with Crippen LogP contribution in [0, 0.1) is 0 Å². The van der Waals surface area contributed by atoms with E-state index in [0.29, 0.717) is 25.1 Å². The van der Waals surface area contributed by atoms with Crippen molar-refractivity contribution in [1.82, 2.24) is 0 Å². The molecular formula is C11H16ClNO2. The fourth-order valence-electron chi connectivity index (χ4n) is 1.30. The second-order valence-electron chi connectivity index (χ2n) is 2.92. The van der Waals surface area contributed by atoms with Gasteiger partial charge in [0.05, 0.1) is 12.2 Å². The number of halogens is 1. The van der Waals surface area contributed by atoms with Gasteiger partial charge in [0.25, 0.3) is 0 Å². The first-order valence-electron chi connectivity index (χ1n) is 4.74. The van der Waals surface area contributed by atoms with E-state index < -0.39 is 0 Å². The highest BCUT2D eigenvalue weighted by molar-refractivity contribution is 5.91. The van der Waals surface area contributed by atoms with E-state index in [0.717, 1.165) is 5.56 Å². The van der Waals surface area contributed by atoms with Gasteiger partial charge >= 0.3 is 5.97 Å². The van der Waals surface area contributed by atoms with E-state index in [2.05, 4.69) is 0 Å². The number of carbonyl (C=O) groups is 1. The van der Waals surface area contributed by atoms with Gasteiger partial charge in [0, 0.05) is 0 Å². The predicted molar refractivity (Wildman–Crippen MR) is 62.4 cm³/mol. The molecule has 1 rings (SSSR count). The largest absolute Gasteiger partial charge is 0.462 e. The molecule has 3 nitrogen and oxygen atoms in total. The van der Waals surface area contributed by atoms with Crippen molar-refractivity contribution in [3.63, 3.8) is 0 Å². The Labute approximate surface area is 96.0 Å². The van der Waals surface area contributed by atoms with Gasteiger partial charge in [-0.05, 0) is 31.5 Å². The molecule has 0 spiro atoms. The molecule has 0 aliphatic heterocycles. The Balaban J connectivity index is 0.00000196. The molecule has 0 fully saturated rings. The van der Waals surface area contributed by atoms with Gasteiger partial charge in [-0.2, -0.15) is 0 Å². The minimum absolute atomic E-state index is 0. The number of benzene rings is 1. The summed E-state index contributed by atoms with van der Waals surface area (Å²) in [6, 6.07) is 7.39. The van der Waals surface area contributed by atoms with Crippen LogP contribution in [0.2, 0.25) is 0 Å². The third-order valence-corrected chi connectivity index (χ3v) is 1.93. The molecule has 2 N–H and O–H groups in total. The lowest BCUT2D eigenvalue weighted by atomic mass is 10.1. The van der Waals surface area contributed by atoms with Crippen LogP contribution in [0.15, 0.2) is 24.3 Å². The topological polar surface area (TPSA) is 52.3 Å². The van der Waals surface area contributed by atoms with Crippen molar-refractivity contribution in [2.45, 2.75) is 13.3 Å². The Morgan fingerprint density at radius 1 is 1.40 bits per heavy atom. The van der Waals surface area contributed by atoms with Gasteiger partial charge in [0.1, 0.15) is 0 Å². The first-order valence-corrected chi connectivity index (χ1v) is 4.74. The van der Waals surface area contributed by atoms with Crippen molar-refractivity contribution in [2.24, 2.45) is 5.73 Å². The zero-order chi connectivity index (χ0) is 10.4. The van der Waals surface area contributed by atoms with Crippen LogP contribution < -0.4 is 5.73 Å². The number of nitrogens with two attached hydrogens (primary N) is 1. The van der Waals surface area contributed by atoms with E-state index in [9.17, 15) is 4.79 Å². The molecule has 0 radical (unpaired) electrons. The fourth-order valence-corrected chi connectivity index (χ4v) is 1.30. The summed E-state index contributed by atoms with van der Waals surface area (Å²) < 4.78 is 4.94. The molecule has 1 aromatic rings. The van der Waals surface area contributed by atoms with Crippen LogP contribution in [0.5, 0.6) is 0 Å². The van der Waals surface area contributed by atoms with Crippen LogP contribution in [0.25, 0.3) is 0 Å². The molecule has 0 unspecified atom stereocenters. The number of esters is 1. The van der Waals surface area contributed by atoms with Crippen molar-refractivity contribution in [3.05, 3.63) is 35.4 Å². The molecule has 0 saturated heterocycles. The Hall–Kier alpha value is -1.06. The molecule has 15 heavy (non-hydrogen) atoms. The standard InChI is InChI=1S/C11H15NO2.ClH/c1-2-14-11(13)10-6-4-3-5-9(10)7-8-12;/h3-6H,2,7-8,12H2,1H3;1H. The third kappa shape index (κ3) is 3.90. The Morgan fingerprint density at radius 2 is 2.07 bits per heavy atom. The summed E-state index contributed by atoms with van der Waals surface area (Å²) in [6.45, 7) is 2.73. The van der Waals surface area contributed by atoms with Crippen LogP contribution in [0.4, 0.5) is 0 Å². The van der Waals surface area contributed by atoms with E-state index in [1.165, 1.54) is 0 Å². The minimum Gasteiger partial charge on any atom is -0.462 e. The second kappa shape index (κ2) is 7.26. The van der Waals surface area contributed by atoms with Gasteiger partial charge in [-0.25, -0.2) is 4.79 Å². The molecule has 0 amide bonds. The maximum absolute atomic E-state index is 11.5. The average Bonchev–Trinajstić information content (AvgIpc) is 2.19. The summed E-state index contributed by atoms with van der Waals surface area (Å²) in [5.41, 5.74) is 7.03. The summed E-state index contributed by atoms with van der Waals surface area (Å²) in [6.07, 6.45) is 0.703. The van der Waals surface area contributed by atoms with E-state index in [4.69, 9.17) is 10.5 Å². The maximum atomic E-state index is 11.5. The zero-order valence-electron chi connectivity index (χ0n) is 8.73. The minimum atomic E-state index is -0.267. The van der Waals surface area contributed by atoms with E-state index in [1.807, 2.05) is 18.2 Å². The van der Waals surface area contributed by atoms with Gasteiger partial charge in [0.2, 0.25) is 0 Å². The molecule has 0 aliphatic rings. The van der Waals surface area contributed by atoms with E-state index >= 15 is 0 Å². The van der Waals surface area contributed by atoms with Crippen molar-refractivity contribution in [3.8, 4) is 0 Å². The number of carbonyl (C=O) groups excluding carboxylic acids is 1. The lowest BCUT2D eigenvalue weighted by Crippen LogP contribution is -2.11. The molecule has 0 saturated carbocycles. The molecule has 84 valence electrons. The van der Waals surface area contributed by atoms with Crippen LogP contribution in [0.3, 0.4) is 0 Å². The van der Waals surface area contributed by atoms with Gasteiger partial charge in [0.15, 0.2) is 0 Å². The molecule has 4 heteroatoms. The Morgan fingerprint density at radius 3 is 2.67 bits per heavy atom. The highest BCUT2D eigenvalue weighted by atomic mass is 35.5. The summed E-state index contributed by atoms with van der Waals surface area (Å²) in [5, 5.41) is 0. The normalized spacial score (nSPS) is 9.20. The van der Waals surface area contributed by atoms with Crippen LogP contribution >= 0.6 is 12.4 Å². The summed E-state index contributed by atoms with van der Waals surface area (Å²) in [4.78, 5) is 11.5. The van der Waals surface area contributed by atoms with Crippen LogP contribution in [-0.2, 0) is 11.2 Å². The van der Waals surface area contributed by atoms with Gasteiger partial charge in [-0.15, -0.1) is 12.4 Å². The van der Waals surface area contributed by atoms with Crippen molar-refractivity contribution >= 4 is 18.4 Å². The Kier molecular flexibility index (Phi) is 6.75. The number of ether oxygens (including phenoxy) is 1. The highest BCUT2D eigenvalue weighted by Crippen LogP contribution is 2.10. The van der Waals surface area contributed by atoms with Crippen LogP contribution in [0.1, 0.15) is 22.8 Å². The Bertz CT molecular complexity index is 315. The molecule has 0 bridgehead atoms. The van der Waals surface area contributed by atoms with E-state index in [1.54, 1.807) is 13.0 Å². The van der Waals surface area contributed by atoms with Gasteiger partial charge in [-0.1, -0.05) is 18.2 Å². The van der Waals surface area contributed by atoms with Crippen molar-refractivity contribution in [2.75, 3.05) is 13.2 Å². The molecule has 0 aliphatic carbocycles. The van der Waals surface area contributed by atoms with Crippen molar-refractivity contribution in [1.29, 1.82) is 0 Å². The van der Waals surface area contributed by atoms with Crippen molar-refractivity contribution < 1.29 is 9.53 Å². The van der Waals surface area contributed by atoms with Gasteiger partial charge < -0.3 is 10.5 Å². The monoisotopic (exact) mass is 229 g/mol. The number of hydrogen-bond donors (Lipinski definition) is 1. The molecule has 1 aromatic carbocycles. The fraction of sp³-hybridized carbons (Fsp3) is 0.364. The highest BCUT2D eigenvalue weighted by Gasteiger charge is 2.10. The smallest absolute Gasteiger partial charge is 0.338 e. The number of hydrogen-bond acceptors (Lipinski definition) is 3. The molecule has 0 atom stereocenters. The summed E-state index contributed by atoms with van der Waals surface area (Å²) in [5.74, 6) is -0.267. The molecule has 0 aromatic heterocycles. The first kappa shape index (κ1) is 13.9. The lowest BCUT2D eigenvalue weighted by molar-refractivity contribution is 0.0525. The lowest BCUT2D eigenvalue weighted by Gasteiger charge is -2.06. The van der Waals surface area contributed by atoms with Gasteiger partial charge in [-0.3, -0.25) is 0 Å². The quantitative estimate of drug-likeness (QED) is 0.801. The number of rotatable bonds is 4. The maximum Gasteiger partial charge on any atom is 0.338 e. The predicted octanol–water partition coefficient (Wildman–Crippen LogP) is 1.79. The molecular weight excluding hydrogens is 214 g/mol. The SMILES string of the molecule is CCOC(=O)c1ccccc1CCN.Cl. The molecule has 0 heterocycles. The van der Waals surface area contributed by atoms with E-state index in [-0.39, 0.29) is 18.4 Å². The second-order valence-corrected chi connectivity index (χ2v) is 2.92. The summed E-state index contributed by atoms with van der Waals surface area (Å²) >= 11 is 0.